The highest BCUT2D eigenvalue weighted by atomic mass is 79.9. The van der Waals surface area contributed by atoms with E-state index in [1.165, 1.54) is 11.0 Å². The SMILES string of the molecule is C[C@@H]1COCC(=O)N1c1cc(Br)cc(F)c1[N+](=O)[O-]. The van der Waals surface area contributed by atoms with E-state index in [1.807, 2.05) is 0 Å². The van der Waals surface area contributed by atoms with Crippen LogP contribution in [0.4, 0.5) is 15.8 Å². The maximum atomic E-state index is 13.7. The van der Waals surface area contributed by atoms with Crippen molar-refractivity contribution in [3.63, 3.8) is 0 Å². The van der Waals surface area contributed by atoms with Crippen LogP contribution in [0.5, 0.6) is 0 Å². The lowest BCUT2D eigenvalue weighted by Crippen LogP contribution is -2.48. The Kier molecular flexibility index (Phi) is 3.81. The molecule has 0 N–H and O–H groups in total. The summed E-state index contributed by atoms with van der Waals surface area (Å²) in [5.41, 5.74) is -0.761. The largest absolute Gasteiger partial charge is 0.369 e. The van der Waals surface area contributed by atoms with Gasteiger partial charge in [-0.1, -0.05) is 15.9 Å². The van der Waals surface area contributed by atoms with Crippen molar-refractivity contribution in [3.8, 4) is 0 Å². The van der Waals surface area contributed by atoms with E-state index in [4.69, 9.17) is 4.74 Å². The molecule has 1 aliphatic rings. The fraction of sp³-hybridized carbons (Fsp3) is 0.364. The van der Waals surface area contributed by atoms with Crippen LogP contribution >= 0.6 is 15.9 Å². The maximum Gasteiger partial charge on any atom is 0.328 e. The van der Waals surface area contributed by atoms with Gasteiger partial charge in [0.25, 0.3) is 5.91 Å². The lowest BCUT2D eigenvalue weighted by atomic mass is 10.1. The number of hydrogen-bond acceptors (Lipinski definition) is 4. The maximum absolute atomic E-state index is 13.7. The fourth-order valence-corrected chi connectivity index (χ4v) is 2.41. The van der Waals surface area contributed by atoms with Crippen molar-refractivity contribution in [3.05, 3.63) is 32.5 Å². The predicted molar refractivity (Wildman–Crippen MR) is 68.5 cm³/mol. The predicted octanol–water partition coefficient (Wildman–Crippen LogP) is 2.25. The zero-order valence-electron chi connectivity index (χ0n) is 9.93. The van der Waals surface area contributed by atoms with E-state index in [9.17, 15) is 19.3 Å². The number of carbonyl (C=O) groups is 1. The quantitative estimate of drug-likeness (QED) is 0.615. The Bertz CT molecular complexity index is 552. The van der Waals surface area contributed by atoms with Crippen molar-refractivity contribution >= 4 is 33.2 Å². The molecule has 0 spiro atoms. The van der Waals surface area contributed by atoms with Crippen LogP contribution in [-0.2, 0) is 9.53 Å². The third-order valence-corrected chi connectivity index (χ3v) is 3.20. The van der Waals surface area contributed by atoms with Crippen molar-refractivity contribution in [2.45, 2.75) is 13.0 Å². The number of morpholine rings is 1. The normalized spacial score (nSPS) is 19.6. The molecule has 0 aromatic heterocycles. The molecule has 0 bridgehead atoms. The number of nitrogens with zero attached hydrogens (tertiary/aromatic N) is 2. The number of anilines is 1. The standard InChI is InChI=1S/C11H10BrFN2O4/c1-6-4-19-5-10(16)14(6)9-3-7(12)2-8(13)11(9)15(17)18/h2-3,6H,4-5H2,1H3/t6-/m1/s1. The third-order valence-electron chi connectivity index (χ3n) is 2.74. The van der Waals surface area contributed by atoms with E-state index < -0.39 is 28.4 Å². The van der Waals surface area contributed by atoms with Crippen LogP contribution in [0.25, 0.3) is 0 Å². The van der Waals surface area contributed by atoms with Crippen LogP contribution in [0, 0.1) is 15.9 Å². The molecule has 8 heteroatoms. The van der Waals surface area contributed by atoms with Gasteiger partial charge in [0, 0.05) is 4.47 Å². The van der Waals surface area contributed by atoms with E-state index in [0.717, 1.165) is 6.07 Å². The van der Waals surface area contributed by atoms with E-state index in [-0.39, 0.29) is 18.9 Å². The van der Waals surface area contributed by atoms with E-state index >= 15 is 0 Å². The van der Waals surface area contributed by atoms with Gasteiger partial charge < -0.3 is 4.74 Å². The van der Waals surface area contributed by atoms with E-state index in [2.05, 4.69) is 15.9 Å². The summed E-state index contributed by atoms with van der Waals surface area (Å²) in [5, 5.41) is 11.0. The molecule has 0 unspecified atom stereocenters. The average Bonchev–Trinajstić information content (AvgIpc) is 2.26. The Balaban J connectivity index is 2.59. The van der Waals surface area contributed by atoms with Gasteiger partial charge >= 0.3 is 5.69 Å². The van der Waals surface area contributed by atoms with Crippen molar-refractivity contribution < 1.29 is 18.8 Å². The van der Waals surface area contributed by atoms with Crippen LogP contribution in [0.2, 0.25) is 0 Å². The number of hydrogen-bond donors (Lipinski definition) is 0. The number of nitro benzene ring substituents is 1. The molecule has 6 nitrogen and oxygen atoms in total. The first-order valence-electron chi connectivity index (χ1n) is 5.45. The number of benzene rings is 1. The van der Waals surface area contributed by atoms with Crippen molar-refractivity contribution in [2.75, 3.05) is 18.1 Å². The Hall–Kier alpha value is -1.54. The molecule has 1 saturated heterocycles. The Morgan fingerprint density at radius 3 is 2.84 bits per heavy atom. The highest BCUT2D eigenvalue weighted by Gasteiger charge is 2.34. The molecule has 1 atom stereocenters. The molecule has 0 aliphatic carbocycles. The van der Waals surface area contributed by atoms with Gasteiger partial charge in [-0.05, 0) is 19.1 Å². The van der Waals surface area contributed by atoms with Crippen LogP contribution in [-0.4, -0.2) is 30.1 Å². The zero-order chi connectivity index (χ0) is 14.2. The minimum Gasteiger partial charge on any atom is -0.369 e. The molecular weight excluding hydrogens is 323 g/mol. The molecule has 2 rings (SSSR count). The second kappa shape index (κ2) is 5.22. The van der Waals surface area contributed by atoms with Crippen LogP contribution in [0.3, 0.4) is 0 Å². The summed E-state index contributed by atoms with van der Waals surface area (Å²) in [5.74, 6) is -1.42. The van der Waals surface area contributed by atoms with Gasteiger partial charge in [0.05, 0.1) is 17.6 Å². The number of rotatable bonds is 2. The van der Waals surface area contributed by atoms with Crippen molar-refractivity contribution in [1.82, 2.24) is 0 Å². The minimum atomic E-state index is -0.985. The van der Waals surface area contributed by atoms with Crippen LogP contribution in [0.15, 0.2) is 16.6 Å². The van der Waals surface area contributed by atoms with Crippen LogP contribution in [0.1, 0.15) is 6.92 Å². The lowest BCUT2D eigenvalue weighted by molar-refractivity contribution is -0.386. The summed E-state index contributed by atoms with van der Waals surface area (Å²) in [4.78, 5) is 23.2. The summed E-state index contributed by atoms with van der Waals surface area (Å²) >= 11 is 3.07. The number of nitro groups is 1. The summed E-state index contributed by atoms with van der Waals surface area (Å²) in [6, 6.07) is 1.96. The number of ether oxygens (including phenoxy) is 1. The van der Waals surface area contributed by atoms with Gasteiger partial charge in [-0.2, -0.15) is 4.39 Å². The molecule has 1 aromatic rings. The fourth-order valence-electron chi connectivity index (χ4n) is 2.00. The summed E-state index contributed by atoms with van der Waals surface area (Å²) in [7, 11) is 0. The van der Waals surface area contributed by atoms with Gasteiger partial charge in [-0.3, -0.25) is 19.8 Å². The Labute approximate surface area is 116 Å². The van der Waals surface area contributed by atoms with Gasteiger partial charge in [-0.25, -0.2) is 0 Å². The summed E-state index contributed by atoms with van der Waals surface area (Å²) in [6.45, 7) is 1.76. The molecule has 1 aliphatic heterocycles. The topological polar surface area (TPSA) is 72.7 Å². The Morgan fingerprint density at radius 2 is 2.26 bits per heavy atom. The van der Waals surface area contributed by atoms with Gasteiger partial charge in [-0.15, -0.1) is 0 Å². The zero-order valence-corrected chi connectivity index (χ0v) is 11.5. The van der Waals surface area contributed by atoms with Crippen molar-refractivity contribution in [2.24, 2.45) is 0 Å². The molecule has 19 heavy (non-hydrogen) atoms. The number of amides is 1. The summed E-state index contributed by atoms with van der Waals surface area (Å²) in [6.07, 6.45) is 0. The Morgan fingerprint density at radius 1 is 1.58 bits per heavy atom. The molecule has 102 valence electrons. The lowest BCUT2D eigenvalue weighted by Gasteiger charge is -2.32. The molecular formula is C11H10BrFN2O4. The average molecular weight is 333 g/mol. The molecule has 0 saturated carbocycles. The highest BCUT2D eigenvalue weighted by Crippen LogP contribution is 2.36. The number of carbonyl (C=O) groups excluding carboxylic acids is 1. The molecule has 0 radical (unpaired) electrons. The van der Waals surface area contributed by atoms with Crippen molar-refractivity contribution in [1.29, 1.82) is 0 Å². The first kappa shape index (κ1) is 13.9. The first-order valence-corrected chi connectivity index (χ1v) is 6.24. The van der Waals surface area contributed by atoms with Gasteiger partial charge in [0.1, 0.15) is 12.3 Å². The molecule has 1 fully saturated rings. The third kappa shape index (κ3) is 2.59. The van der Waals surface area contributed by atoms with E-state index in [0.29, 0.717) is 4.47 Å². The molecule has 1 aromatic carbocycles. The number of halogens is 2. The smallest absolute Gasteiger partial charge is 0.328 e. The molecule has 1 amide bonds. The van der Waals surface area contributed by atoms with Crippen LogP contribution < -0.4 is 4.90 Å². The highest BCUT2D eigenvalue weighted by molar-refractivity contribution is 9.10. The second-order valence-electron chi connectivity index (χ2n) is 4.14. The molecule has 1 heterocycles. The second-order valence-corrected chi connectivity index (χ2v) is 5.06. The monoisotopic (exact) mass is 332 g/mol. The van der Waals surface area contributed by atoms with Gasteiger partial charge in [0.15, 0.2) is 0 Å². The minimum absolute atomic E-state index is 0.0577. The van der Waals surface area contributed by atoms with Gasteiger partial charge in [0.2, 0.25) is 5.82 Å². The first-order chi connectivity index (χ1) is 8.91. The summed E-state index contributed by atoms with van der Waals surface area (Å²) < 4.78 is 19.1. The van der Waals surface area contributed by atoms with E-state index in [1.54, 1.807) is 6.92 Å².